The highest BCUT2D eigenvalue weighted by Gasteiger charge is 2.13. The topological polar surface area (TPSA) is 77.8 Å². The lowest BCUT2D eigenvalue weighted by molar-refractivity contribution is -0.00951. The van der Waals surface area contributed by atoms with Crippen LogP contribution in [0.4, 0.5) is 0 Å². The number of fused-ring (bicyclic) bond motifs is 1. The van der Waals surface area contributed by atoms with E-state index in [4.69, 9.17) is 18.9 Å². The Hall–Kier alpha value is -2.76. The second-order valence-electron chi connectivity index (χ2n) is 7.13. The molecule has 0 bridgehead atoms. The summed E-state index contributed by atoms with van der Waals surface area (Å²) in [6.45, 7) is 6.56. The van der Waals surface area contributed by atoms with E-state index in [0.29, 0.717) is 51.0 Å². The number of nitriles is 1. The second-order valence-corrected chi connectivity index (χ2v) is 8.14. The van der Waals surface area contributed by atoms with Gasteiger partial charge in [0, 0.05) is 10.1 Å². The number of nitrogens with zero attached hydrogens (tertiary/aromatic N) is 1. The van der Waals surface area contributed by atoms with Crippen LogP contribution in [0, 0.1) is 18.3 Å². The van der Waals surface area contributed by atoms with Crippen LogP contribution in [0.2, 0.25) is 0 Å². The molecule has 168 valence electrons. The molecule has 32 heavy (non-hydrogen) atoms. The second kappa shape index (κ2) is 12.3. The fraction of sp³-hybridized carbons (Fsp3) is 0.360. The molecule has 0 amide bonds. The average Bonchev–Trinajstić information content (AvgIpc) is 2.80. The predicted octanol–water partition coefficient (Wildman–Crippen LogP) is 4.63. The number of rotatable bonds is 12. The summed E-state index contributed by atoms with van der Waals surface area (Å²) in [4.78, 5) is 12.0. The summed E-state index contributed by atoms with van der Waals surface area (Å²) in [6, 6.07) is 17.6. The van der Waals surface area contributed by atoms with Gasteiger partial charge in [-0.25, -0.2) is 0 Å². The summed E-state index contributed by atoms with van der Waals surface area (Å²) in [6.07, 6.45) is 0.0381. The largest absolute Gasteiger partial charge is 0.490 e. The minimum absolute atomic E-state index is 0.0381. The van der Waals surface area contributed by atoms with Gasteiger partial charge in [-0.2, -0.15) is 5.26 Å². The van der Waals surface area contributed by atoms with Gasteiger partial charge in [-0.05, 0) is 37.1 Å². The van der Waals surface area contributed by atoms with Crippen LogP contribution in [0.25, 0.3) is 10.1 Å². The highest BCUT2D eigenvalue weighted by atomic mass is 32.1. The fourth-order valence-electron chi connectivity index (χ4n) is 3.28. The molecule has 0 saturated heterocycles. The molecule has 3 aromatic rings. The molecule has 0 N–H and O–H groups in total. The van der Waals surface area contributed by atoms with Gasteiger partial charge in [0.2, 0.25) is 0 Å². The Morgan fingerprint density at radius 3 is 2.34 bits per heavy atom. The van der Waals surface area contributed by atoms with Crippen molar-refractivity contribution in [3.8, 4) is 11.8 Å². The van der Waals surface area contributed by atoms with Crippen LogP contribution in [0.1, 0.15) is 29.7 Å². The van der Waals surface area contributed by atoms with E-state index in [0.717, 1.165) is 27.0 Å². The van der Waals surface area contributed by atoms with E-state index in [1.54, 1.807) is 6.92 Å². The van der Waals surface area contributed by atoms with Gasteiger partial charge in [0.05, 0.1) is 39.1 Å². The summed E-state index contributed by atoms with van der Waals surface area (Å²) >= 11 is 1.06. The molecule has 1 atom stereocenters. The van der Waals surface area contributed by atoms with Crippen molar-refractivity contribution in [1.82, 2.24) is 0 Å². The normalized spacial score (nSPS) is 11.9. The quantitative estimate of drug-likeness (QED) is 0.372. The van der Waals surface area contributed by atoms with E-state index in [9.17, 15) is 10.1 Å². The Morgan fingerprint density at radius 1 is 0.938 bits per heavy atom. The molecular weight excluding hydrogens is 426 g/mol. The van der Waals surface area contributed by atoms with Crippen LogP contribution in [0.3, 0.4) is 0 Å². The maximum Gasteiger partial charge on any atom is 0.250 e. The van der Waals surface area contributed by atoms with E-state index < -0.39 is 0 Å². The van der Waals surface area contributed by atoms with Gasteiger partial charge in [-0.1, -0.05) is 47.7 Å². The monoisotopic (exact) mass is 453 g/mol. The SMILES string of the molecule is Cc1c(C#N)c(=O)sc2cccc(OCCOCCOCCOC(C)c3ccccc3)c12. The van der Waals surface area contributed by atoms with Crippen LogP contribution in [-0.4, -0.2) is 39.6 Å². The van der Waals surface area contributed by atoms with Crippen molar-refractivity contribution in [1.29, 1.82) is 5.26 Å². The summed E-state index contributed by atoms with van der Waals surface area (Å²) in [5.41, 5.74) is 1.98. The van der Waals surface area contributed by atoms with Crippen molar-refractivity contribution in [3.63, 3.8) is 0 Å². The maximum absolute atomic E-state index is 12.0. The van der Waals surface area contributed by atoms with Crippen molar-refractivity contribution in [2.45, 2.75) is 20.0 Å². The molecule has 2 aromatic carbocycles. The van der Waals surface area contributed by atoms with Crippen LogP contribution >= 0.6 is 11.3 Å². The highest BCUT2D eigenvalue weighted by molar-refractivity contribution is 7.16. The van der Waals surface area contributed by atoms with Crippen molar-refractivity contribution in [2.75, 3.05) is 39.6 Å². The van der Waals surface area contributed by atoms with Crippen LogP contribution in [0.5, 0.6) is 5.75 Å². The average molecular weight is 454 g/mol. The van der Waals surface area contributed by atoms with E-state index in [2.05, 4.69) is 0 Å². The Bertz CT molecular complexity index is 1110. The molecule has 0 saturated carbocycles. The van der Waals surface area contributed by atoms with Crippen molar-refractivity contribution in [3.05, 3.63) is 74.8 Å². The number of benzene rings is 2. The molecule has 0 fully saturated rings. The molecule has 0 radical (unpaired) electrons. The van der Waals surface area contributed by atoms with Crippen molar-refractivity contribution >= 4 is 21.4 Å². The number of ether oxygens (including phenoxy) is 4. The van der Waals surface area contributed by atoms with Crippen LogP contribution in [-0.2, 0) is 14.2 Å². The molecule has 0 aliphatic carbocycles. The van der Waals surface area contributed by atoms with Gasteiger partial charge in [0.15, 0.2) is 0 Å². The third-order valence-corrected chi connectivity index (χ3v) is 5.93. The zero-order valence-electron chi connectivity index (χ0n) is 18.3. The van der Waals surface area contributed by atoms with Gasteiger partial charge in [0.25, 0.3) is 4.74 Å². The summed E-state index contributed by atoms with van der Waals surface area (Å²) in [7, 11) is 0. The number of aryl methyl sites for hydroxylation is 1. The molecule has 1 aromatic heterocycles. The standard InChI is InChI=1S/C25H27NO5S/c1-18-21(17-26)25(27)32-23-10-6-9-22(24(18)23)31-16-14-29-12-11-28-13-15-30-19(2)20-7-4-3-5-8-20/h3-10,19H,11-16H2,1-2H3. The van der Waals surface area contributed by atoms with Crippen LogP contribution in [0.15, 0.2) is 53.3 Å². The van der Waals surface area contributed by atoms with E-state index in [-0.39, 0.29) is 16.4 Å². The lowest BCUT2D eigenvalue weighted by atomic mass is 10.1. The van der Waals surface area contributed by atoms with Crippen molar-refractivity contribution < 1.29 is 18.9 Å². The number of hydrogen-bond donors (Lipinski definition) is 0. The first-order valence-corrected chi connectivity index (χ1v) is 11.3. The predicted molar refractivity (Wildman–Crippen MR) is 125 cm³/mol. The van der Waals surface area contributed by atoms with Crippen molar-refractivity contribution in [2.24, 2.45) is 0 Å². The van der Waals surface area contributed by atoms with Crippen LogP contribution < -0.4 is 9.48 Å². The Kier molecular flexibility index (Phi) is 9.20. The lowest BCUT2D eigenvalue weighted by Crippen LogP contribution is -2.13. The molecule has 0 aliphatic rings. The summed E-state index contributed by atoms with van der Waals surface area (Å²) < 4.78 is 23.3. The molecular formula is C25H27NO5S. The Labute approximate surface area is 191 Å². The Morgan fingerprint density at radius 2 is 1.62 bits per heavy atom. The fourth-order valence-corrected chi connectivity index (χ4v) is 4.28. The molecule has 1 heterocycles. The first-order valence-electron chi connectivity index (χ1n) is 10.5. The zero-order valence-corrected chi connectivity index (χ0v) is 19.2. The lowest BCUT2D eigenvalue weighted by Gasteiger charge is -2.13. The third-order valence-electron chi connectivity index (χ3n) is 4.98. The molecule has 6 nitrogen and oxygen atoms in total. The third kappa shape index (κ3) is 6.38. The Balaban J connectivity index is 1.33. The van der Waals surface area contributed by atoms with Gasteiger partial charge >= 0.3 is 0 Å². The molecule has 7 heteroatoms. The highest BCUT2D eigenvalue weighted by Crippen LogP contribution is 2.31. The minimum atomic E-state index is -0.224. The molecule has 1 unspecified atom stereocenters. The van der Waals surface area contributed by atoms with E-state index in [1.165, 1.54) is 0 Å². The minimum Gasteiger partial charge on any atom is -0.490 e. The summed E-state index contributed by atoms with van der Waals surface area (Å²) in [5, 5.41) is 10.1. The maximum atomic E-state index is 12.0. The zero-order chi connectivity index (χ0) is 22.8. The molecule has 0 spiro atoms. The van der Waals surface area contributed by atoms with Gasteiger partial charge in [-0.3, -0.25) is 4.79 Å². The van der Waals surface area contributed by atoms with Gasteiger partial charge in [0.1, 0.15) is 24.0 Å². The van der Waals surface area contributed by atoms with Gasteiger partial charge in [-0.15, -0.1) is 0 Å². The molecule has 0 aliphatic heterocycles. The van der Waals surface area contributed by atoms with E-state index in [1.807, 2.05) is 61.5 Å². The summed E-state index contributed by atoms with van der Waals surface area (Å²) in [5.74, 6) is 0.650. The number of hydrogen-bond acceptors (Lipinski definition) is 7. The van der Waals surface area contributed by atoms with Gasteiger partial charge < -0.3 is 18.9 Å². The first-order chi connectivity index (χ1) is 15.6. The first kappa shape index (κ1) is 23.9. The molecule has 3 rings (SSSR count). The van der Waals surface area contributed by atoms with E-state index >= 15 is 0 Å². The smallest absolute Gasteiger partial charge is 0.250 e.